The summed E-state index contributed by atoms with van der Waals surface area (Å²) in [4.78, 5) is 25.2. The van der Waals surface area contributed by atoms with Crippen LogP contribution in [0, 0.1) is 10.1 Å². The Labute approximate surface area is 161 Å². The highest BCUT2D eigenvalue weighted by molar-refractivity contribution is 5.96. The van der Waals surface area contributed by atoms with Gasteiger partial charge in [0.15, 0.2) is 11.5 Å². The Balaban J connectivity index is 1.75. The summed E-state index contributed by atoms with van der Waals surface area (Å²) in [6.07, 6.45) is 3.25. The molecule has 9 nitrogen and oxygen atoms in total. The lowest BCUT2D eigenvalue weighted by atomic mass is 10.1. The summed E-state index contributed by atoms with van der Waals surface area (Å²) in [6.45, 7) is 1.53. The van der Waals surface area contributed by atoms with Gasteiger partial charge < -0.3 is 14.7 Å². The number of nitrogens with one attached hydrogen (secondary N) is 1. The van der Waals surface area contributed by atoms with Crippen LogP contribution < -0.4 is 15.1 Å². The highest BCUT2D eigenvalue weighted by Gasteiger charge is 2.23. The molecule has 9 heteroatoms. The number of nitro benzene ring substituents is 1. The molecule has 0 aliphatic carbocycles. The molecule has 1 saturated heterocycles. The van der Waals surface area contributed by atoms with Gasteiger partial charge in [-0.05, 0) is 37.1 Å². The van der Waals surface area contributed by atoms with E-state index >= 15 is 0 Å². The summed E-state index contributed by atoms with van der Waals surface area (Å²) in [7, 11) is 1.43. The summed E-state index contributed by atoms with van der Waals surface area (Å²) < 4.78 is 5.00. The van der Waals surface area contributed by atoms with Crippen molar-refractivity contribution in [3.8, 4) is 11.5 Å². The zero-order valence-electron chi connectivity index (χ0n) is 15.3. The Bertz CT molecular complexity index is 923. The van der Waals surface area contributed by atoms with Crippen molar-refractivity contribution < 1.29 is 19.6 Å². The molecule has 1 aliphatic heterocycles. The van der Waals surface area contributed by atoms with Gasteiger partial charge in [0.05, 0.1) is 18.2 Å². The minimum absolute atomic E-state index is 0.103. The van der Waals surface area contributed by atoms with E-state index in [0.717, 1.165) is 25.9 Å². The summed E-state index contributed by atoms with van der Waals surface area (Å²) in [5.74, 6) is -0.410. The average molecular weight is 384 g/mol. The molecular formula is C19H20N4O5. The van der Waals surface area contributed by atoms with Crippen LogP contribution in [-0.4, -0.2) is 42.4 Å². The molecule has 0 unspecified atom stereocenters. The molecule has 0 spiro atoms. The summed E-state index contributed by atoms with van der Waals surface area (Å²) in [6, 6.07) is 9.24. The van der Waals surface area contributed by atoms with Crippen LogP contribution in [0.2, 0.25) is 0 Å². The standard InChI is InChI=1S/C19H20N4O5/c1-28-17-6-4-5-14(18(17)24)12-20-21-19(25)13-7-8-15(16(11-13)23(26)27)22-9-2-3-10-22/h4-8,11-12,24H,2-3,9-10H2,1H3,(H,21,25). The number of hydrogen-bond donors (Lipinski definition) is 2. The quantitative estimate of drug-likeness (QED) is 0.449. The molecule has 2 N–H and O–H groups in total. The molecule has 0 aromatic heterocycles. The first-order chi connectivity index (χ1) is 13.5. The van der Waals surface area contributed by atoms with Crippen molar-refractivity contribution in [2.24, 2.45) is 5.10 Å². The Kier molecular flexibility index (Phi) is 5.73. The minimum Gasteiger partial charge on any atom is -0.504 e. The number of benzene rings is 2. The van der Waals surface area contributed by atoms with Crippen LogP contribution in [0.4, 0.5) is 11.4 Å². The number of para-hydroxylation sites is 1. The maximum Gasteiger partial charge on any atom is 0.293 e. The molecule has 0 atom stereocenters. The van der Waals surface area contributed by atoms with E-state index in [1.54, 1.807) is 24.3 Å². The van der Waals surface area contributed by atoms with E-state index in [1.165, 1.54) is 25.5 Å². The number of methoxy groups -OCH3 is 1. The Hall–Kier alpha value is -3.62. The van der Waals surface area contributed by atoms with Gasteiger partial charge in [-0.3, -0.25) is 14.9 Å². The lowest BCUT2D eigenvalue weighted by Crippen LogP contribution is -2.21. The molecule has 1 heterocycles. The number of amides is 1. The number of anilines is 1. The molecule has 146 valence electrons. The van der Waals surface area contributed by atoms with Gasteiger partial charge in [-0.1, -0.05) is 6.07 Å². The third-order valence-corrected chi connectivity index (χ3v) is 4.50. The summed E-state index contributed by atoms with van der Waals surface area (Å²) >= 11 is 0. The van der Waals surface area contributed by atoms with Crippen LogP contribution in [0.5, 0.6) is 11.5 Å². The zero-order valence-corrected chi connectivity index (χ0v) is 15.3. The van der Waals surface area contributed by atoms with E-state index in [0.29, 0.717) is 11.3 Å². The van der Waals surface area contributed by atoms with E-state index in [4.69, 9.17) is 4.74 Å². The van der Waals surface area contributed by atoms with Crippen molar-refractivity contribution in [1.29, 1.82) is 0 Å². The topological polar surface area (TPSA) is 117 Å². The number of carbonyl (C=O) groups excluding carboxylic acids is 1. The molecule has 0 saturated carbocycles. The summed E-state index contributed by atoms with van der Waals surface area (Å²) in [5.41, 5.74) is 3.20. The highest BCUT2D eigenvalue weighted by atomic mass is 16.6. The molecule has 0 radical (unpaired) electrons. The first kappa shape index (κ1) is 19.2. The van der Waals surface area contributed by atoms with Gasteiger partial charge in [0, 0.05) is 30.3 Å². The fraction of sp³-hybridized carbons (Fsp3) is 0.263. The summed E-state index contributed by atoms with van der Waals surface area (Å²) in [5, 5.41) is 25.2. The van der Waals surface area contributed by atoms with Crippen LogP contribution in [0.15, 0.2) is 41.5 Å². The fourth-order valence-corrected chi connectivity index (χ4v) is 3.07. The van der Waals surface area contributed by atoms with Crippen molar-refractivity contribution in [3.63, 3.8) is 0 Å². The van der Waals surface area contributed by atoms with Gasteiger partial charge in [-0.15, -0.1) is 0 Å². The van der Waals surface area contributed by atoms with Crippen LogP contribution in [0.1, 0.15) is 28.8 Å². The number of ether oxygens (including phenoxy) is 1. The maximum atomic E-state index is 12.3. The zero-order chi connectivity index (χ0) is 20.1. The molecule has 2 aromatic carbocycles. The lowest BCUT2D eigenvalue weighted by molar-refractivity contribution is -0.384. The van der Waals surface area contributed by atoms with Gasteiger partial charge in [0.25, 0.3) is 11.6 Å². The number of nitrogens with zero attached hydrogens (tertiary/aromatic N) is 3. The molecule has 0 bridgehead atoms. The monoisotopic (exact) mass is 384 g/mol. The van der Waals surface area contributed by atoms with E-state index in [1.807, 2.05) is 4.90 Å². The van der Waals surface area contributed by atoms with Crippen molar-refractivity contribution in [3.05, 3.63) is 57.6 Å². The third kappa shape index (κ3) is 4.03. The Morgan fingerprint density at radius 1 is 1.32 bits per heavy atom. The second kappa shape index (κ2) is 8.38. The van der Waals surface area contributed by atoms with Gasteiger partial charge in [0.2, 0.25) is 0 Å². The Morgan fingerprint density at radius 3 is 2.75 bits per heavy atom. The van der Waals surface area contributed by atoms with E-state index in [-0.39, 0.29) is 22.7 Å². The van der Waals surface area contributed by atoms with Gasteiger partial charge in [-0.2, -0.15) is 5.10 Å². The fourth-order valence-electron chi connectivity index (χ4n) is 3.07. The van der Waals surface area contributed by atoms with E-state index < -0.39 is 10.8 Å². The number of aromatic hydroxyl groups is 1. The molecule has 2 aromatic rings. The molecule has 1 aliphatic rings. The van der Waals surface area contributed by atoms with Crippen LogP contribution >= 0.6 is 0 Å². The number of phenolic OH excluding ortho intramolecular Hbond substituents is 1. The highest BCUT2D eigenvalue weighted by Crippen LogP contribution is 2.31. The van der Waals surface area contributed by atoms with Crippen molar-refractivity contribution in [1.82, 2.24) is 5.43 Å². The minimum atomic E-state index is -0.588. The van der Waals surface area contributed by atoms with Gasteiger partial charge in [-0.25, -0.2) is 5.43 Å². The number of hydrazone groups is 1. The number of phenols is 1. The van der Waals surface area contributed by atoms with Crippen molar-refractivity contribution in [2.75, 3.05) is 25.1 Å². The third-order valence-electron chi connectivity index (χ3n) is 4.50. The first-order valence-corrected chi connectivity index (χ1v) is 8.74. The maximum absolute atomic E-state index is 12.3. The van der Waals surface area contributed by atoms with E-state index in [2.05, 4.69) is 10.5 Å². The predicted octanol–water partition coefficient (Wildman–Crippen LogP) is 2.67. The molecular weight excluding hydrogens is 364 g/mol. The smallest absolute Gasteiger partial charge is 0.293 e. The van der Waals surface area contributed by atoms with Crippen molar-refractivity contribution in [2.45, 2.75) is 12.8 Å². The average Bonchev–Trinajstić information content (AvgIpc) is 3.23. The first-order valence-electron chi connectivity index (χ1n) is 8.74. The largest absolute Gasteiger partial charge is 0.504 e. The second-order valence-electron chi connectivity index (χ2n) is 6.25. The number of hydrogen-bond acceptors (Lipinski definition) is 7. The van der Waals surface area contributed by atoms with Crippen LogP contribution in [-0.2, 0) is 0 Å². The van der Waals surface area contributed by atoms with Gasteiger partial charge in [0.1, 0.15) is 5.69 Å². The molecule has 1 amide bonds. The SMILES string of the molecule is COc1cccc(C=NNC(=O)c2ccc(N3CCCC3)c([N+](=O)[O-])c2)c1O. The Morgan fingerprint density at radius 2 is 2.07 bits per heavy atom. The molecule has 1 fully saturated rings. The van der Waals surface area contributed by atoms with Crippen LogP contribution in [0.25, 0.3) is 0 Å². The molecule has 28 heavy (non-hydrogen) atoms. The normalized spacial score (nSPS) is 13.7. The second-order valence-corrected chi connectivity index (χ2v) is 6.25. The van der Waals surface area contributed by atoms with Gasteiger partial charge >= 0.3 is 0 Å². The van der Waals surface area contributed by atoms with E-state index in [9.17, 15) is 20.0 Å². The number of nitro groups is 1. The predicted molar refractivity (Wildman–Crippen MR) is 104 cm³/mol. The number of carbonyl (C=O) groups is 1. The lowest BCUT2D eigenvalue weighted by Gasteiger charge is -2.17. The number of rotatable bonds is 6. The molecule has 3 rings (SSSR count). The van der Waals surface area contributed by atoms with Crippen molar-refractivity contribution >= 4 is 23.5 Å². The van der Waals surface area contributed by atoms with Crippen LogP contribution in [0.3, 0.4) is 0 Å².